The Morgan fingerprint density at radius 2 is 1.81 bits per heavy atom. The Bertz CT molecular complexity index is 475. The molecule has 2 atom stereocenters. The van der Waals surface area contributed by atoms with E-state index in [2.05, 4.69) is 53.1 Å². The van der Waals surface area contributed by atoms with Gasteiger partial charge in [-0.15, -0.1) is 0 Å². The molecule has 0 radical (unpaired) electrons. The molecule has 16 heavy (non-hydrogen) atoms. The second kappa shape index (κ2) is 4.58. The van der Waals surface area contributed by atoms with Crippen molar-refractivity contribution >= 4 is 59.6 Å². The molecule has 3 nitrogen and oxygen atoms in total. The van der Waals surface area contributed by atoms with Gasteiger partial charge in [0.25, 0.3) is 0 Å². The van der Waals surface area contributed by atoms with Gasteiger partial charge < -0.3 is 0 Å². The molecule has 1 aliphatic heterocycles. The molecule has 0 spiro atoms. The van der Waals surface area contributed by atoms with Crippen molar-refractivity contribution in [3.63, 3.8) is 0 Å². The van der Waals surface area contributed by atoms with Crippen LogP contribution in [-0.4, -0.2) is 16.6 Å². The summed E-state index contributed by atoms with van der Waals surface area (Å²) in [7, 11) is 0. The van der Waals surface area contributed by atoms with Crippen molar-refractivity contribution in [3.8, 4) is 0 Å². The fourth-order valence-corrected chi connectivity index (χ4v) is 3.54. The van der Waals surface area contributed by atoms with Crippen LogP contribution in [0.4, 0.5) is 0 Å². The third-order valence-electron chi connectivity index (χ3n) is 2.37. The van der Waals surface area contributed by atoms with Crippen molar-refractivity contribution in [1.82, 2.24) is 5.32 Å². The molecule has 0 saturated carbocycles. The molecular weight excluding hydrogens is 406 g/mol. The van der Waals surface area contributed by atoms with Gasteiger partial charge in [0.15, 0.2) is 0 Å². The first-order chi connectivity index (χ1) is 7.50. The van der Waals surface area contributed by atoms with Crippen LogP contribution in [-0.2, 0) is 9.59 Å². The number of hydrogen-bond acceptors (Lipinski definition) is 2. The van der Waals surface area contributed by atoms with Crippen LogP contribution in [0.25, 0.3) is 0 Å². The minimum atomic E-state index is -0.502. The van der Waals surface area contributed by atoms with E-state index in [1.807, 2.05) is 18.2 Å². The average molecular weight is 412 g/mol. The van der Waals surface area contributed by atoms with Crippen molar-refractivity contribution in [2.75, 3.05) is 0 Å². The van der Waals surface area contributed by atoms with Gasteiger partial charge in [-0.3, -0.25) is 14.9 Å². The predicted octanol–water partition coefficient (Wildman–Crippen LogP) is 2.72. The number of halogens is 3. The summed E-state index contributed by atoms with van der Waals surface area (Å²) in [6, 6.07) is 5.52. The summed E-state index contributed by atoms with van der Waals surface area (Å²) in [4.78, 5) is 22.5. The van der Waals surface area contributed by atoms with E-state index in [-0.39, 0.29) is 11.8 Å². The Labute approximate surface area is 117 Å². The quantitative estimate of drug-likeness (QED) is 0.570. The van der Waals surface area contributed by atoms with E-state index in [1.165, 1.54) is 0 Å². The standard InChI is InChI=1S/C10H6Br3NO2/c11-4-1-2-5(6(12)3-4)7-8(13)10(16)14-9(7)15/h1-3,7-8H,(H,14,15,16). The molecular formula is C10H6Br3NO2. The third-order valence-corrected chi connectivity index (χ3v) is 4.49. The van der Waals surface area contributed by atoms with Crippen molar-refractivity contribution in [1.29, 1.82) is 0 Å². The molecule has 84 valence electrons. The van der Waals surface area contributed by atoms with E-state index >= 15 is 0 Å². The second-order valence-electron chi connectivity index (χ2n) is 3.40. The maximum absolute atomic E-state index is 11.6. The number of carbonyl (C=O) groups is 2. The van der Waals surface area contributed by atoms with Crippen molar-refractivity contribution < 1.29 is 9.59 Å². The van der Waals surface area contributed by atoms with Gasteiger partial charge in [-0.05, 0) is 17.7 Å². The molecule has 6 heteroatoms. The summed E-state index contributed by atoms with van der Waals surface area (Å²) in [6.07, 6.45) is 0. The molecule has 2 rings (SSSR count). The van der Waals surface area contributed by atoms with Gasteiger partial charge >= 0.3 is 0 Å². The Hall–Kier alpha value is -0.200. The van der Waals surface area contributed by atoms with E-state index < -0.39 is 10.7 Å². The minimum absolute atomic E-state index is 0.269. The summed E-state index contributed by atoms with van der Waals surface area (Å²) < 4.78 is 1.72. The molecule has 1 N–H and O–H groups in total. The molecule has 0 aromatic heterocycles. The number of alkyl halides is 1. The lowest BCUT2D eigenvalue weighted by Gasteiger charge is -2.12. The van der Waals surface area contributed by atoms with E-state index in [1.54, 1.807) is 0 Å². The first kappa shape index (κ1) is 12.3. The van der Waals surface area contributed by atoms with Gasteiger partial charge in [-0.2, -0.15) is 0 Å². The number of carbonyl (C=O) groups excluding carboxylic acids is 2. The monoisotopic (exact) mass is 409 g/mol. The number of nitrogens with one attached hydrogen (secondary N) is 1. The largest absolute Gasteiger partial charge is 0.295 e. The Kier molecular flexibility index (Phi) is 3.51. The van der Waals surface area contributed by atoms with E-state index in [0.29, 0.717) is 0 Å². The number of amides is 2. The number of rotatable bonds is 1. The zero-order valence-electron chi connectivity index (χ0n) is 7.84. The maximum Gasteiger partial charge on any atom is 0.241 e. The lowest BCUT2D eigenvalue weighted by Crippen LogP contribution is -2.22. The summed E-state index contributed by atoms with van der Waals surface area (Å²) in [5, 5.41) is 2.30. The van der Waals surface area contributed by atoms with Crippen LogP contribution in [0, 0.1) is 0 Å². The molecule has 1 heterocycles. The van der Waals surface area contributed by atoms with Crippen LogP contribution in [0.1, 0.15) is 11.5 Å². The fourth-order valence-electron chi connectivity index (χ4n) is 1.61. The Morgan fingerprint density at radius 1 is 1.12 bits per heavy atom. The first-order valence-electron chi connectivity index (χ1n) is 4.44. The van der Waals surface area contributed by atoms with Crippen LogP contribution in [0.15, 0.2) is 27.1 Å². The smallest absolute Gasteiger partial charge is 0.241 e. The van der Waals surface area contributed by atoms with Crippen LogP contribution < -0.4 is 5.32 Å². The van der Waals surface area contributed by atoms with Gasteiger partial charge in [-0.1, -0.05) is 53.9 Å². The lowest BCUT2D eigenvalue weighted by molar-refractivity contribution is -0.125. The molecule has 1 aromatic rings. The van der Waals surface area contributed by atoms with E-state index in [4.69, 9.17) is 0 Å². The van der Waals surface area contributed by atoms with Gasteiger partial charge in [0.1, 0.15) is 4.83 Å². The Morgan fingerprint density at radius 3 is 2.31 bits per heavy atom. The maximum atomic E-state index is 11.6. The third kappa shape index (κ3) is 2.10. The Balaban J connectivity index is 2.44. The highest BCUT2D eigenvalue weighted by molar-refractivity contribution is 9.11. The van der Waals surface area contributed by atoms with Gasteiger partial charge in [0, 0.05) is 8.95 Å². The van der Waals surface area contributed by atoms with Crippen LogP contribution in [0.5, 0.6) is 0 Å². The van der Waals surface area contributed by atoms with Gasteiger partial charge in [-0.25, -0.2) is 0 Å². The number of imide groups is 1. The zero-order chi connectivity index (χ0) is 11.9. The SMILES string of the molecule is O=C1NC(=O)C(c2ccc(Br)cc2Br)C1Br. The molecule has 1 aliphatic rings. The summed E-state index contributed by atoms with van der Waals surface area (Å²) >= 11 is 9.96. The molecule has 1 aromatic carbocycles. The predicted molar refractivity (Wildman–Crippen MR) is 70.4 cm³/mol. The van der Waals surface area contributed by atoms with Crippen LogP contribution in [0.3, 0.4) is 0 Å². The van der Waals surface area contributed by atoms with Crippen LogP contribution in [0.2, 0.25) is 0 Å². The normalized spacial score (nSPS) is 24.7. The van der Waals surface area contributed by atoms with Crippen LogP contribution >= 0.6 is 47.8 Å². The van der Waals surface area contributed by atoms with Crippen molar-refractivity contribution in [2.45, 2.75) is 10.7 Å². The fraction of sp³-hybridized carbons (Fsp3) is 0.200. The molecule has 0 bridgehead atoms. The summed E-state index contributed by atoms with van der Waals surface area (Å²) in [5.41, 5.74) is 0.799. The highest BCUT2D eigenvalue weighted by Crippen LogP contribution is 2.35. The second-order valence-corrected chi connectivity index (χ2v) is 6.16. The molecule has 2 unspecified atom stereocenters. The highest BCUT2D eigenvalue weighted by atomic mass is 79.9. The van der Waals surface area contributed by atoms with E-state index in [9.17, 15) is 9.59 Å². The van der Waals surface area contributed by atoms with Crippen molar-refractivity contribution in [3.05, 3.63) is 32.7 Å². The number of benzene rings is 1. The minimum Gasteiger partial charge on any atom is -0.295 e. The lowest BCUT2D eigenvalue weighted by atomic mass is 9.98. The highest BCUT2D eigenvalue weighted by Gasteiger charge is 2.41. The molecule has 2 amide bonds. The molecule has 1 fully saturated rings. The van der Waals surface area contributed by atoms with Gasteiger partial charge in [0.05, 0.1) is 5.92 Å². The van der Waals surface area contributed by atoms with Gasteiger partial charge in [0.2, 0.25) is 11.8 Å². The summed E-state index contributed by atoms with van der Waals surface area (Å²) in [5.74, 6) is -1.03. The summed E-state index contributed by atoms with van der Waals surface area (Å²) in [6.45, 7) is 0. The molecule has 0 aliphatic carbocycles. The molecule has 1 saturated heterocycles. The average Bonchev–Trinajstić information content (AvgIpc) is 2.43. The van der Waals surface area contributed by atoms with Crippen molar-refractivity contribution in [2.24, 2.45) is 0 Å². The van der Waals surface area contributed by atoms with E-state index in [0.717, 1.165) is 14.5 Å². The number of hydrogen-bond donors (Lipinski definition) is 1. The zero-order valence-corrected chi connectivity index (χ0v) is 12.6. The first-order valence-corrected chi connectivity index (χ1v) is 6.94. The topological polar surface area (TPSA) is 46.2 Å².